The first-order chi connectivity index (χ1) is 6.38. The molecule has 0 aliphatic rings. The third-order valence-corrected chi connectivity index (χ3v) is 1.76. The molecular weight excluding hydrogens is 257 g/mol. The van der Waals surface area contributed by atoms with E-state index in [-0.39, 0.29) is 67.9 Å². The van der Waals surface area contributed by atoms with Crippen LogP contribution < -0.4 is 51.4 Å². The van der Waals surface area contributed by atoms with Crippen LogP contribution in [0.15, 0.2) is 24.2 Å². The van der Waals surface area contributed by atoms with Crippen LogP contribution in [0.2, 0.25) is 5.02 Å². The van der Waals surface area contributed by atoms with Gasteiger partial charge in [-0.3, -0.25) is 0 Å². The SMILES string of the molecule is Fc1cc(/C=C/[B-](F)(F)F)ccc1Cl.[K+]. The van der Waals surface area contributed by atoms with E-state index in [1.165, 1.54) is 12.1 Å². The molecule has 0 heterocycles. The van der Waals surface area contributed by atoms with Crippen molar-refractivity contribution in [2.75, 3.05) is 0 Å². The van der Waals surface area contributed by atoms with Crippen LogP contribution in [0.3, 0.4) is 0 Å². The van der Waals surface area contributed by atoms with Gasteiger partial charge in [-0.25, -0.2) is 4.39 Å². The molecule has 0 fully saturated rings. The van der Waals surface area contributed by atoms with Gasteiger partial charge in [-0.15, -0.1) is 5.98 Å². The standard InChI is InChI=1S/C8H5BClF4.K/c10-7-2-1-6(5-8(7)11)3-4-9(12,13)14;/h1-5H;/q-1;+1/b4-3+;. The predicted molar refractivity (Wildman–Crippen MR) is 49.5 cm³/mol. The van der Waals surface area contributed by atoms with E-state index in [1.807, 2.05) is 0 Å². The van der Waals surface area contributed by atoms with E-state index in [2.05, 4.69) is 0 Å². The summed E-state index contributed by atoms with van der Waals surface area (Å²) in [6, 6.07) is 3.46. The van der Waals surface area contributed by atoms with Gasteiger partial charge in [0, 0.05) is 0 Å². The maximum absolute atomic E-state index is 12.8. The van der Waals surface area contributed by atoms with Gasteiger partial charge >= 0.3 is 58.4 Å². The smallest absolute Gasteiger partial charge is 0.445 e. The topological polar surface area (TPSA) is 0 Å². The largest absolute Gasteiger partial charge is 1.00 e. The number of benzene rings is 1. The van der Waals surface area contributed by atoms with Crippen molar-refractivity contribution in [2.24, 2.45) is 0 Å². The van der Waals surface area contributed by atoms with Gasteiger partial charge in [0.1, 0.15) is 5.82 Å². The van der Waals surface area contributed by atoms with E-state index < -0.39 is 12.8 Å². The predicted octanol–water partition coefficient (Wildman–Crippen LogP) is 0.883. The Bertz CT molecular complexity index is 364. The molecule has 76 valence electrons. The normalized spacial score (nSPS) is 11.5. The summed E-state index contributed by atoms with van der Waals surface area (Å²) >= 11 is 5.35. The molecule has 0 aliphatic carbocycles. The van der Waals surface area contributed by atoms with E-state index in [4.69, 9.17) is 11.6 Å². The van der Waals surface area contributed by atoms with Crippen LogP contribution in [0.1, 0.15) is 5.56 Å². The molecule has 0 saturated heterocycles. The maximum atomic E-state index is 12.8. The molecular formula is C8H5BClF4K. The Kier molecular flexibility index (Phi) is 6.70. The first-order valence-corrected chi connectivity index (χ1v) is 4.10. The Balaban J connectivity index is 0.00000196. The van der Waals surface area contributed by atoms with Gasteiger partial charge in [0.2, 0.25) is 0 Å². The molecule has 0 atom stereocenters. The second kappa shape index (κ2) is 6.42. The molecule has 0 nitrogen and oxygen atoms in total. The van der Waals surface area contributed by atoms with E-state index in [1.54, 1.807) is 0 Å². The van der Waals surface area contributed by atoms with Crippen LogP contribution in [0.4, 0.5) is 17.3 Å². The molecule has 7 heteroatoms. The first kappa shape index (κ1) is 15.7. The van der Waals surface area contributed by atoms with Crippen LogP contribution in [0, 0.1) is 5.82 Å². The average Bonchev–Trinajstić information content (AvgIpc) is 2.06. The summed E-state index contributed by atoms with van der Waals surface area (Å²) < 4.78 is 48.1. The molecule has 15 heavy (non-hydrogen) atoms. The number of hydrogen-bond donors (Lipinski definition) is 0. The Labute approximate surface area is 132 Å². The van der Waals surface area contributed by atoms with Crippen molar-refractivity contribution in [2.45, 2.75) is 0 Å². The molecule has 0 saturated carbocycles. The van der Waals surface area contributed by atoms with Gasteiger partial charge < -0.3 is 12.9 Å². The molecule has 0 amide bonds. The zero-order valence-electron chi connectivity index (χ0n) is 7.85. The maximum Gasteiger partial charge on any atom is 1.00 e. The Morgan fingerprint density at radius 3 is 2.27 bits per heavy atom. The number of hydrogen-bond acceptors (Lipinski definition) is 0. The fraction of sp³-hybridized carbons (Fsp3) is 0. The van der Waals surface area contributed by atoms with Crippen molar-refractivity contribution in [3.8, 4) is 0 Å². The molecule has 0 aliphatic heterocycles. The van der Waals surface area contributed by atoms with Crippen molar-refractivity contribution >= 4 is 24.7 Å². The molecule has 0 unspecified atom stereocenters. The van der Waals surface area contributed by atoms with Crippen LogP contribution in [-0.4, -0.2) is 6.98 Å². The van der Waals surface area contributed by atoms with Crippen LogP contribution >= 0.6 is 11.6 Å². The average molecular weight is 262 g/mol. The molecule has 0 radical (unpaired) electrons. The molecule has 0 N–H and O–H groups in total. The van der Waals surface area contributed by atoms with Crippen LogP contribution in [0.5, 0.6) is 0 Å². The summed E-state index contributed by atoms with van der Waals surface area (Å²) in [6.45, 7) is -4.98. The van der Waals surface area contributed by atoms with Crippen molar-refractivity contribution in [3.63, 3.8) is 0 Å². The van der Waals surface area contributed by atoms with Crippen LogP contribution in [-0.2, 0) is 0 Å². The van der Waals surface area contributed by atoms with E-state index in [0.29, 0.717) is 0 Å². The Morgan fingerprint density at radius 1 is 1.20 bits per heavy atom. The summed E-state index contributed by atoms with van der Waals surface area (Å²) in [6.07, 6.45) is 0.805. The third-order valence-electron chi connectivity index (χ3n) is 1.45. The second-order valence-electron chi connectivity index (χ2n) is 2.66. The van der Waals surface area contributed by atoms with E-state index >= 15 is 0 Å². The third kappa shape index (κ3) is 6.09. The summed E-state index contributed by atoms with van der Waals surface area (Å²) in [5, 5.41) is -0.111. The summed E-state index contributed by atoms with van der Waals surface area (Å²) in [4.78, 5) is 0. The minimum atomic E-state index is -4.98. The zero-order valence-corrected chi connectivity index (χ0v) is 11.7. The van der Waals surface area contributed by atoms with Crippen molar-refractivity contribution < 1.29 is 68.7 Å². The molecule has 1 aromatic carbocycles. The van der Waals surface area contributed by atoms with Crippen molar-refractivity contribution in [3.05, 3.63) is 40.6 Å². The van der Waals surface area contributed by atoms with Gasteiger partial charge in [-0.2, -0.15) is 0 Å². The first-order valence-electron chi connectivity index (χ1n) is 3.73. The van der Waals surface area contributed by atoms with Gasteiger partial charge in [0.25, 0.3) is 0 Å². The molecule has 0 bridgehead atoms. The summed E-state index contributed by atoms with van der Waals surface area (Å²) in [5.41, 5.74) is 0.131. The molecule has 0 spiro atoms. The van der Waals surface area contributed by atoms with Gasteiger partial charge in [-0.1, -0.05) is 23.7 Å². The second-order valence-corrected chi connectivity index (χ2v) is 3.07. The number of rotatable bonds is 2. The fourth-order valence-corrected chi connectivity index (χ4v) is 0.954. The van der Waals surface area contributed by atoms with E-state index in [9.17, 15) is 17.3 Å². The monoisotopic (exact) mass is 262 g/mol. The van der Waals surface area contributed by atoms with Gasteiger partial charge in [0.05, 0.1) is 5.02 Å². The van der Waals surface area contributed by atoms with Crippen molar-refractivity contribution in [1.29, 1.82) is 0 Å². The molecule has 0 aromatic heterocycles. The zero-order chi connectivity index (χ0) is 10.8. The Hall–Kier alpha value is 0.671. The summed E-state index contributed by atoms with van der Waals surface area (Å²) in [5.74, 6) is -0.633. The molecule has 1 rings (SSSR count). The molecule has 1 aromatic rings. The minimum Gasteiger partial charge on any atom is -0.445 e. The Morgan fingerprint density at radius 2 is 1.80 bits per heavy atom. The van der Waals surface area contributed by atoms with Gasteiger partial charge in [-0.05, 0) is 17.7 Å². The summed E-state index contributed by atoms with van der Waals surface area (Å²) in [7, 11) is 0. The van der Waals surface area contributed by atoms with Gasteiger partial charge in [0.15, 0.2) is 0 Å². The fourth-order valence-electron chi connectivity index (χ4n) is 0.836. The van der Waals surface area contributed by atoms with Crippen LogP contribution in [0.25, 0.3) is 6.08 Å². The minimum absolute atomic E-state index is 0. The quantitative estimate of drug-likeness (QED) is 0.548. The van der Waals surface area contributed by atoms with E-state index in [0.717, 1.165) is 12.1 Å². The van der Waals surface area contributed by atoms with Crippen molar-refractivity contribution in [1.82, 2.24) is 0 Å². The number of halogens is 5.